The van der Waals surface area contributed by atoms with Crippen LogP contribution in [0.4, 0.5) is 0 Å². The lowest BCUT2D eigenvalue weighted by Crippen LogP contribution is -2.35. The van der Waals surface area contributed by atoms with Gasteiger partial charge in [-0.3, -0.25) is 4.79 Å². The first kappa shape index (κ1) is 9.21. The van der Waals surface area contributed by atoms with Gasteiger partial charge >= 0.3 is 0 Å². The van der Waals surface area contributed by atoms with Crippen LogP contribution in [0.25, 0.3) is 0 Å². The molecule has 2 rings (SSSR count). The summed E-state index contributed by atoms with van der Waals surface area (Å²) in [5, 5.41) is 0. The first-order chi connectivity index (χ1) is 6.74. The van der Waals surface area contributed by atoms with E-state index in [0.29, 0.717) is 11.3 Å². The first-order valence-corrected chi connectivity index (χ1v) is 4.69. The molecule has 0 aliphatic heterocycles. The van der Waals surface area contributed by atoms with Gasteiger partial charge in [-0.15, -0.1) is 0 Å². The SMILES string of the molecule is COc1cccc2c1C(=O)C(N)CC2. The van der Waals surface area contributed by atoms with Gasteiger partial charge in [-0.05, 0) is 24.5 Å². The molecule has 0 fully saturated rings. The Bertz CT molecular complexity index is 359. The molecule has 0 spiro atoms. The van der Waals surface area contributed by atoms with Crippen molar-refractivity contribution in [1.29, 1.82) is 0 Å². The molecule has 0 saturated heterocycles. The molecular formula is C11H13NO2. The first-order valence-electron chi connectivity index (χ1n) is 4.69. The number of nitrogens with two attached hydrogens (primary N) is 1. The van der Waals surface area contributed by atoms with Crippen molar-refractivity contribution < 1.29 is 9.53 Å². The van der Waals surface area contributed by atoms with Gasteiger partial charge in [-0.2, -0.15) is 0 Å². The fourth-order valence-electron chi connectivity index (χ4n) is 1.86. The van der Waals surface area contributed by atoms with E-state index in [1.807, 2.05) is 12.1 Å². The fraction of sp³-hybridized carbons (Fsp3) is 0.364. The Kier molecular flexibility index (Phi) is 2.25. The number of carbonyl (C=O) groups excluding carboxylic acids is 1. The number of rotatable bonds is 1. The van der Waals surface area contributed by atoms with E-state index < -0.39 is 0 Å². The molecule has 1 aromatic carbocycles. The Balaban J connectivity index is 2.55. The van der Waals surface area contributed by atoms with E-state index >= 15 is 0 Å². The molecule has 2 N–H and O–H groups in total. The predicted molar refractivity (Wildman–Crippen MR) is 53.6 cm³/mol. The second-order valence-corrected chi connectivity index (χ2v) is 3.50. The summed E-state index contributed by atoms with van der Waals surface area (Å²) in [7, 11) is 1.57. The topological polar surface area (TPSA) is 52.3 Å². The van der Waals surface area contributed by atoms with Gasteiger partial charge in [0.05, 0.1) is 18.7 Å². The summed E-state index contributed by atoms with van der Waals surface area (Å²) < 4.78 is 5.15. The van der Waals surface area contributed by atoms with Gasteiger partial charge in [0.15, 0.2) is 5.78 Å². The van der Waals surface area contributed by atoms with E-state index in [1.165, 1.54) is 0 Å². The molecule has 0 saturated carbocycles. The number of fused-ring (bicyclic) bond motifs is 1. The van der Waals surface area contributed by atoms with Crippen LogP contribution in [0.1, 0.15) is 22.3 Å². The van der Waals surface area contributed by atoms with E-state index in [1.54, 1.807) is 13.2 Å². The molecule has 0 amide bonds. The second kappa shape index (κ2) is 3.42. The van der Waals surface area contributed by atoms with Crippen molar-refractivity contribution in [1.82, 2.24) is 0 Å². The van der Waals surface area contributed by atoms with Crippen LogP contribution in [0.5, 0.6) is 5.75 Å². The van der Waals surface area contributed by atoms with Crippen LogP contribution in [0, 0.1) is 0 Å². The van der Waals surface area contributed by atoms with E-state index in [9.17, 15) is 4.79 Å². The number of hydrogen-bond donors (Lipinski definition) is 1. The molecule has 74 valence electrons. The summed E-state index contributed by atoms with van der Waals surface area (Å²) in [6.07, 6.45) is 1.60. The van der Waals surface area contributed by atoms with Gasteiger partial charge in [0, 0.05) is 0 Å². The lowest BCUT2D eigenvalue weighted by atomic mass is 9.87. The van der Waals surface area contributed by atoms with Crippen molar-refractivity contribution in [3.05, 3.63) is 29.3 Å². The van der Waals surface area contributed by atoms with Crippen molar-refractivity contribution in [3.63, 3.8) is 0 Å². The smallest absolute Gasteiger partial charge is 0.183 e. The molecule has 1 aliphatic rings. The third-order valence-electron chi connectivity index (χ3n) is 2.64. The molecule has 0 aromatic heterocycles. The molecule has 0 heterocycles. The van der Waals surface area contributed by atoms with Crippen LogP contribution in [-0.2, 0) is 6.42 Å². The highest BCUT2D eigenvalue weighted by atomic mass is 16.5. The van der Waals surface area contributed by atoms with Crippen molar-refractivity contribution in [3.8, 4) is 5.75 Å². The number of hydrogen-bond acceptors (Lipinski definition) is 3. The zero-order valence-corrected chi connectivity index (χ0v) is 8.12. The number of ether oxygens (including phenoxy) is 1. The van der Waals surface area contributed by atoms with Gasteiger partial charge in [-0.1, -0.05) is 12.1 Å². The maximum absolute atomic E-state index is 11.8. The monoisotopic (exact) mass is 191 g/mol. The highest BCUT2D eigenvalue weighted by Crippen LogP contribution is 2.28. The van der Waals surface area contributed by atoms with Crippen molar-refractivity contribution in [2.24, 2.45) is 5.73 Å². The third kappa shape index (κ3) is 1.30. The van der Waals surface area contributed by atoms with E-state index in [4.69, 9.17) is 10.5 Å². The summed E-state index contributed by atoms with van der Waals surface area (Å²) >= 11 is 0. The Labute approximate surface area is 82.9 Å². The van der Waals surface area contributed by atoms with Gasteiger partial charge in [0.2, 0.25) is 0 Å². The lowest BCUT2D eigenvalue weighted by molar-refractivity contribution is 0.0945. The molecule has 1 aliphatic carbocycles. The second-order valence-electron chi connectivity index (χ2n) is 3.50. The Morgan fingerprint density at radius 1 is 1.50 bits per heavy atom. The summed E-state index contributed by atoms with van der Waals surface area (Å²) in [6, 6.07) is 5.30. The number of Topliss-reactive ketones (excluding diaryl/α,β-unsaturated/α-hetero) is 1. The Morgan fingerprint density at radius 3 is 3.00 bits per heavy atom. The van der Waals surface area contributed by atoms with Gasteiger partial charge in [0.25, 0.3) is 0 Å². The molecule has 1 atom stereocenters. The van der Waals surface area contributed by atoms with Crippen LogP contribution >= 0.6 is 0 Å². The lowest BCUT2D eigenvalue weighted by Gasteiger charge is -2.21. The quantitative estimate of drug-likeness (QED) is 0.724. The number of methoxy groups -OCH3 is 1. The molecule has 14 heavy (non-hydrogen) atoms. The van der Waals surface area contributed by atoms with Crippen molar-refractivity contribution in [2.45, 2.75) is 18.9 Å². The highest BCUT2D eigenvalue weighted by Gasteiger charge is 2.27. The van der Waals surface area contributed by atoms with Crippen molar-refractivity contribution in [2.75, 3.05) is 7.11 Å². The molecule has 1 aromatic rings. The van der Waals surface area contributed by atoms with Gasteiger partial charge in [0.1, 0.15) is 5.75 Å². The molecule has 0 bridgehead atoms. The van der Waals surface area contributed by atoms with Crippen molar-refractivity contribution >= 4 is 5.78 Å². The maximum atomic E-state index is 11.8. The zero-order chi connectivity index (χ0) is 10.1. The maximum Gasteiger partial charge on any atom is 0.183 e. The number of ketones is 1. The normalized spacial score (nSPS) is 20.4. The molecule has 3 heteroatoms. The molecule has 3 nitrogen and oxygen atoms in total. The summed E-state index contributed by atoms with van der Waals surface area (Å²) in [5.41, 5.74) is 7.44. The average molecular weight is 191 g/mol. The third-order valence-corrected chi connectivity index (χ3v) is 2.64. The molecule has 0 radical (unpaired) electrons. The minimum Gasteiger partial charge on any atom is -0.496 e. The summed E-state index contributed by atoms with van der Waals surface area (Å²) in [6.45, 7) is 0. The van der Waals surface area contributed by atoms with E-state index in [2.05, 4.69) is 0 Å². The van der Waals surface area contributed by atoms with E-state index in [-0.39, 0.29) is 11.8 Å². The minimum absolute atomic E-state index is 0.00343. The van der Waals surface area contributed by atoms with Crippen LogP contribution in [0.2, 0.25) is 0 Å². The zero-order valence-electron chi connectivity index (χ0n) is 8.12. The van der Waals surface area contributed by atoms with E-state index in [0.717, 1.165) is 18.4 Å². The fourth-order valence-corrected chi connectivity index (χ4v) is 1.86. The summed E-state index contributed by atoms with van der Waals surface area (Å²) in [4.78, 5) is 11.8. The average Bonchev–Trinajstić information content (AvgIpc) is 2.23. The standard InChI is InChI=1S/C11H13NO2/c1-14-9-4-2-3-7-5-6-8(12)11(13)10(7)9/h2-4,8H,5-6,12H2,1H3. The number of carbonyl (C=O) groups is 1. The predicted octanol–water partition coefficient (Wildman–Crippen LogP) is 1.15. The van der Waals surface area contributed by atoms with Gasteiger partial charge in [-0.25, -0.2) is 0 Å². The molecular weight excluding hydrogens is 178 g/mol. The highest BCUT2D eigenvalue weighted by molar-refractivity contribution is 6.04. The van der Waals surface area contributed by atoms with Gasteiger partial charge < -0.3 is 10.5 Å². The Hall–Kier alpha value is -1.35. The van der Waals surface area contributed by atoms with Crippen LogP contribution in [0.15, 0.2) is 18.2 Å². The van der Waals surface area contributed by atoms with Crippen LogP contribution in [0.3, 0.4) is 0 Å². The van der Waals surface area contributed by atoms with Crippen LogP contribution < -0.4 is 10.5 Å². The number of benzene rings is 1. The van der Waals surface area contributed by atoms with Crippen LogP contribution in [-0.4, -0.2) is 18.9 Å². The number of aryl methyl sites for hydroxylation is 1. The largest absolute Gasteiger partial charge is 0.496 e. The molecule has 1 unspecified atom stereocenters. The summed E-state index contributed by atoms with van der Waals surface area (Å²) in [5.74, 6) is 0.645. The Morgan fingerprint density at radius 2 is 2.29 bits per heavy atom. The minimum atomic E-state index is -0.362.